The van der Waals surface area contributed by atoms with Gasteiger partial charge in [0.25, 0.3) is 0 Å². The molecular formula is C31H46O4. The quantitative estimate of drug-likeness (QED) is 0.181. The molecule has 4 aliphatic carbocycles. The Morgan fingerprint density at radius 3 is 2.71 bits per heavy atom. The molecule has 4 fully saturated rings. The van der Waals surface area contributed by atoms with Gasteiger partial charge in [-0.1, -0.05) is 43.2 Å². The summed E-state index contributed by atoms with van der Waals surface area (Å²) in [5.74, 6) is 2.77. The molecule has 4 nitrogen and oxygen atoms in total. The third-order valence-corrected chi connectivity index (χ3v) is 10.9. The van der Waals surface area contributed by atoms with Crippen molar-refractivity contribution >= 4 is 5.97 Å². The lowest BCUT2D eigenvalue weighted by Gasteiger charge is -2.58. The average Bonchev–Trinajstić information content (AvgIpc) is 3.22. The van der Waals surface area contributed by atoms with Gasteiger partial charge in [0.2, 0.25) is 0 Å². The molecule has 3 saturated carbocycles. The molecule has 1 saturated heterocycles. The van der Waals surface area contributed by atoms with E-state index in [1.165, 1.54) is 76.5 Å². The second kappa shape index (κ2) is 10.2. The third-order valence-electron chi connectivity index (χ3n) is 10.9. The zero-order valence-corrected chi connectivity index (χ0v) is 22.4. The van der Waals surface area contributed by atoms with E-state index in [0.717, 1.165) is 37.2 Å². The minimum atomic E-state index is -0.283. The summed E-state index contributed by atoms with van der Waals surface area (Å²) in [6.07, 6.45) is 22.1. The number of carbonyl (C=O) groups excluding carboxylic acids is 1. The lowest BCUT2D eigenvalue weighted by atomic mass is 9.47. The number of fused-ring (bicyclic) bond motifs is 5. The second-order valence-electron chi connectivity index (χ2n) is 12.5. The van der Waals surface area contributed by atoms with E-state index in [2.05, 4.69) is 32.9 Å². The van der Waals surface area contributed by atoms with Crippen molar-refractivity contribution in [2.75, 3.05) is 13.7 Å². The lowest BCUT2D eigenvalue weighted by Crippen LogP contribution is -2.50. The van der Waals surface area contributed by atoms with Crippen LogP contribution in [0.1, 0.15) is 91.4 Å². The summed E-state index contributed by atoms with van der Waals surface area (Å²) >= 11 is 0. The van der Waals surface area contributed by atoms with Gasteiger partial charge in [-0.05, 0) is 112 Å². The van der Waals surface area contributed by atoms with E-state index < -0.39 is 0 Å². The SMILES string of the molecule is COC(=O)/C=C/C=C(\C)[C@H]1CC[C@H]2[C@@H]3CC=C4C[C@@H](OC5CCCCO5)CC[C@]4(C)[C@H]3CC[C@]12C. The van der Waals surface area contributed by atoms with E-state index in [0.29, 0.717) is 22.9 Å². The van der Waals surface area contributed by atoms with Crippen LogP contribution in [0, 0.1) is 34.5 Å². The Balaban J connectivity index is 1.28. The molecule has 0 spiro atoms. The predicted octanol–water partition coefficient (Wildman–Crippen LogP) is 7.15. The monoisotopic (exact) mass is 482 g/mol. The summed E-state index contributed by atoms with van der Waals surface area (Å²) in [4.78, 5) is 11.5. The fraction of sp³-hybridized carbons (Fsp3) is 0.774. The van der Waals surface area contributed by atoms with Crippen molar-refractivity contribution in [3.63, 3.8) is 0 Å². The molecule has 4 heteroatoms. The molecule has 1 heterocycles. The van der Waals surface area contributed by atoms with Crippen LogP contribution in [0.15, 0.2) is 35.5 Å². The van der Waals surface area contributed by atoms with Crippen LogP contribution in [-0.2, 0) is 19.0 Å². The van der Waals surface area contributed by atoms with Gasteiger partial charge >= 0.3 is 5.97 Å². The van der Waals surface area contributed by atoms with Crippen LogP contribution >= 0.6 is 0 Å². The van der Waals surface area contributed by atoms with Crippen molar-refractivity contribution in [1.29, 1.82) is 0 Å². The smallest absolute Gasteiger partial charge is 0.330 e. The van der Waals surface area contributed by atoms with Gasteiger partial charge in [0.05, 0.1) is 13.2 Å². The molecule has 0 aromatic heterocycles. The second-order valence-corrected chi connectivity index (χ2v) is 12.5. The van der Waals surface area contributed by atoms with E-state index >= 15 is 0 Å². The third kappa shape index (κ3) is 4.70. The summed E-state index contributed by atoms with van der Waals surface area (Å²) in [5, 5.41) is 0. The Hall–Kier alpha value is -1.39. The molecule has 0 N–H and O–H groups in total. The highest BCUT2D eigenvalue weighted by molar-refractivity contribution is 5.82. The molecule has 1 unspecified atom stereocenters. The molecule has 194 valence electrons. The summed E-state index contributed by atoms with van der Waals surface area (Å²) in [5.41, 5.74) is 3.84. The van der Waals surface area contributed by atoms with E-state index in [1.54, 1.807) is 5.57 Å². The maximum Gasteiger partial charge on any atom is 0.330 e. The lowest BCUT2D eigenvalue weighted by molar-refractivity contribution is -0.195. The van der Waals surface area contributed by atoms with Gasteiger partial charge in [0, 0.05) is 12.7 Å². The Bertz CT molecular complexity index is 880. The Morgan fingerprint density at radius 1 is 1.09 bits per heavy atom. The topological polar surface area (TPSA) is 44.8 Å². The van der Waals surface area contributed by atoms with Crippen LogP contribution in [0.25, 0.3) is 0 Å². The van der Waals surface area contributed by atoms with Crippen LogP contribution < -0.4 is 0 Å². The number of hydrogen-bond acceptors (Lipinski definition) is 4. The van der Waals surface area contributed by atoms with Crippen LogP contribution in [0.4, 0.5) is 0 Å². The van der Waals surface area contributed by atoms with Gasteiger partial charge in [-0.2, -0.15) is 0 Å². The molecule has 5 aliphatic rings. The Labute approximate surface area is 212 Å². The first-order valence-corrected chi connectivity index (χ1v) is 14.2. The van der Waals surface area contributed by atoms with Gasteiger partial charge < -0.3 is 14.2 Å². The normalized spacial score (nSPS) is 43.8. The number of esters is 1. The van der Waals surface area contributed by atoms with Gasteiger partial charge in [-0.3, -0.25) is 0 Å². The van der Waals surface area contributed by atoms with Crippen LogP contribution in [-0.4, -0.2) is 32.1 Å². The molecule has 0 aromatic rings. The zero-order chi connectivity index (χ0) is 24.6. The van der Waals surface area contributed by atoms with E-state index in [-0.39, 0.29) is 12.3 Å². The van der Waals surface area contributed by atoms with E-state index in [4.69, 9.17) is 14.2 Å². The minimum Gasteiger partial charge on any atom is -0.466 e. The first kappa shape index (κ1) is 25.3. The highest BCUT2D eigenvalue weighted by Crippen LogP contribution is 2.67. The molecular weight excluding hydrogens is 436 g/mol. The van der Waals surface area contributed by atoms with Crippen molar-refractivity contribution in [3.8, 4) is 0 Å². The summed E-state index contributed by atoms with van der Waals surface area (Å²) in [6.45, 7) is 8.28. The Morgan fingerprint density at radius 2 is 1.94 bits per heavy atom. The van der Waals surface area contributed by atoms with E-state index in [9.17, 15) is 4.79 Å². The molecule has 8 atom stereocenters. The molecule has 35 heavy (non-hydrogen) atoms. The highest BCUT2D eigenvalue weighted by Gasteiger charge is 2.58. The van der Waals surface area contributed by atoms with Crippen LogP contribution in [0.5, 0.6) is 0 Å². The van der Waals surface area contributed by atoms with Gasteiger partial charge in [-0.15, -0.1) is 0 Å². The standard InChI is InChI=1S/C31H46O4/c1-21(8-7-9-28(32)33-4)25-13-14-26-24-12-11-22-20-23(35-29-10-5-6-19-34-29)15-17-30(22,2)27(24)16-18-31(25,26)3/h7-9,11,23-27,29H,5-6,10,12-20H2,1-4H3/b9-7+,21-8+/t23-,24-,25+,26-,27-,29?,30-,31+/m0/s1. The summed E-state index contributed by atoms with van der Waals surface area (Å²) in [7, 11) is 1.43. The number of hydrogen-bond donors (Lipinski definition) is 0. The van der Waals surface area contributed by atoms with Crippen molar-refractivity contribution in [3.05, 3.63) is 35.5 Å². The molecule has 0 aromatic carbocycles. The maximum absolute atomic E-state index is 11.5. The van der Waals surface area contributed by atoms with Gasteiger partial charge in [-0.25, -0.2) is 4.79 Å². The summed E-state index contributed by atoms with van der Waals surface area (Å²) < 4.78 is 17.1. The van der Waals surface area contributed by atoms with Crippen molar-refractivity contribution in [2.24, 2.45) is 34.5 Å². The first-order valence-electron chi connectivity index (χ1n) is 14.2. The van der Waals surface area contributed by atoms with Gasteiger partial charge in [0.15, 0.2) is 6.29 Å². The zero-order valence-electron chi connectivity index (χ0n) is 22.4. The molecule has 0 radical (unpaired) electrons. The fourth-order valence-electron chi connectivity index (χ4n) is 8.99. The Kier molecular flexibility index (Phi) is 7.34. The number of methoxy groups -OCH3 is 1. The average molecular weight is 483 g/mol. The number of carbonyl (C=O) groups is 1. The molecule has 5 rings (SSSR count). The molecule has 0 bridgehead atoms. The van der Waals surface area contributed by atoms with Crippen molar-refractivity contribution in [1.82, 2.24) is 0 Å². The fourth-order valence-corrected chi connectivity index (χ4v) is 8.99. The number of rotatable bonds is 5. The maximum atomic E-state index is 11.5. The largest absolute Gasteiger partial charge is 0.466 e. The van der Waals surface area contributed by atoms with Crippen LogP contribution in [0.3, 0.4) is 0 Å². The predicted molar refractivity (Wildman–Crippen MR) is 139 cm³/mol. The molecule has 0 amide bonds. The highest BCUT2D eigenvalue weighted by atomic mass is 16.7. The van der Waals surface area contributed by atoms with E-state index in [1.807, 2.05) is 6.08 Å². The number of ether oxygens (including phenoxy) is 3. The van der Waals surface area contributed by atoms with Crippen LogP contribution in [0.2, 0.25) is 0 Å². The minimum absolute atomic E-state index is 0.0274. The molecule has 1 aliphatic heterocycles. The summed E-state index contributed by atoms with van der Waals surface area (Å²) in [6, 6.07) is 0. The van der Waals surface area contributed by atoms with Crippen molar-refractivity contribution < 1.29 is 19.0 Å². The van der Waals surface area contributed by atoms with Gasteiger partial charge in [0.1, 0.15) is 0 Å². The number of allylic oxidation sites excluding steroid dienone is 4. The van der Waals surface area contributed by atoms with Crippen molar-refractivity contribution in [2.45, 2.75) is 104 Å². The first-order chi connectivity index (χ1) is 16.8.